The van der Waals surface area contributed by atoms with Gasteiger partial charge in [-0.15, -0.1) is 11.3 Å². The maximum absolute atomic E-state index is 12.3. The molecule has 1 aromatic heterocycles. The number of carbonyl (C=O) groups is 2. The maximum atomic E-state index is 12.3. The number of nitrogens with zero attached hydrogens (tertiary/aromatic N) is 1. The van der Waals surface area contributed by atoms with Crippen LogP contribution in [-0.2, 0) is 22.5 Å². The number of amides is 1. The molecular formula is C20H23NO4S. The highest BCUT2D eigenvalue weighted by Crippen LogP contribution is 2.24. The molecule has 1 amide bonds. The predicted molar refractivity (Wildman–Crippen MR) is 100 cm³/mol. The Morgan fingerprint density at radius 3 is 2.92 bits per heavy atom. The summed E-state index contributed by atoms with van der Waals surface area (Å²) in [6.45, 7) is 5.72. The van der Waals surface area contributed by atoms with E-state index in [1.54, 1.807) is 40.5 Å². The van der Waals surface area contributed by atoms with E-state index in [-0.39, 0.29) is 12.5 Å². The zero-order valence-corrected chi connectivity index (χ0v) is 15.9. The predicted octanol–water partition coefficient (Wildman–Crippen LogP) is 3.52. The summed E-state index contributed by atoms with van der Waals surface area (Å²) in [4.78, 5) is 27.6. The van der Waals surface area contributed by atoms with Crippen molar-refractivity contribution in [2.75, 3.05) is 19.8 Å². The Morgan fingerprint density at radius 2 is 2.12 bits per heavy atom. The second-order valence-electron chi connectivity index (χ2n) is 6.74. The van der Waals surface area contributed by atoms with Crippen molar-refractivity contribution in [2.45, 2.75) is 26.8 Å². The molecule has 5 nitrogen and oxygen atoms in total. The van der Waals surface area contributed by atoms with Crippen LogP contribution in [0.5, 0.6) is 5.75 Å². The van der Waals surface area contributed by atoms with E-state index >= 15 is 0 Å². The van der Waals surface area contributed by atoms with Crippen molar-refractivity contribution in [2.24, 2.45) is 5.92 Å². The molecule has 26 heavy (non-hydrogen) atoms. The van der Waals surface area contributed by atoms with Gasteiger partial charge in [-0.3, -0.25) is 4.79 Å². The molecule has 1 aliphatic rings. The lowest BCUT2D eigenvalue weighted by molar-refractivity contribution is -0.135. The van der Waals surface area contributed by atoms with E-state index in [2.05, 4.69) is 13.8 Å². The zero-order valence-electron chi connectivity index (χ0n) is 15.1. The normalized spacial score (nSPS) is 13.4. The van der Waals surface area contributed by atoms with Crippen LogP contribution in [0.15, 0.2) is 35.7 Å². The second kappa shape index (κ2) is 8.36. The molecule has 0 aliphatic carbocycles. The van der Waals surface area contributed by atoms with Crippen molar-refractivity contribution < 1.29 is 19.1 Å². The molecule has 2 heterocycles. The van der Waals surface area contributed by atoms with Crippen LogP contribution in [0.3, 0.4) is 0 Å². The standard InChI is InChI=1S/C20H23NO4S/c1-14(2)12-24-17-5-3-4-15(10-17)20(23)25-13-19(22)21-8-6-18-16(11-21)7-9-26-18/h3-5,7,9-10,14H,6,8,11-13H2,1-2H3. The molecule has 2 aromatic rings. The number of hydrogen-bond donors (Lipinski definition) is 0. The van der Waals surface area contributed by atoms with Crippen molar-refractivity contribution in [1.82, 2.24) is 4.90 Å². The summed E-state index contributed by atoms with van der Waals surface area (Å²) in [7, 11) is 0. The first kappa shape index (κ1) is 18.5. The van der Waals surface area contributed by atoms with Crippen LogP contribution >= 0.6 is 11.3 Å². The summed E-state index contributed by atoms with van der Waals surface area (Å²) in [6, 6.07) is 8.91. The SMILES string of the molecule is CC(C)COc1cccc(C(=O)OCC(=O)N2CCc3sccc3C2)c1. The van der Waals surface area contributed by atoms with Crippen LogP contribution in [0.4, 0.5) is 0 Å². The Morgan fingerprint density at radius 1 is 1.27 bits per heavy atom. The lowest BCUT2D eigenvalue weighted by Crippen LogP contribution is -2.38. The number of carbonyl (C=O) groups excluding carboxylic acids is 2. The highest BCUT2D eigenvalue weighted by molar-refractivity contribution is 7.10. The first-order valence-electron chi connectivity index (χ1n) is 8.76. The van der Waals surface area contributed by atoms with Gasteiger partial charge in [0.25, 0.3) is 5.91 Å². The van der Waals surface area contributed by atoms with Gasteiger partial charge in [0, 0.05) is 18.0 Å². The number of ether oxygens (including phenoxy) is 2. The average molecular weight is 373 g/mol. The molecule has 0 N–H and O–H groups in total. The van der Waals surface area contributed by atoms with Gasteiger partial charge in [0.1, 0.15) is 5.75 Å². The fourth-order valence-electron chi connectivity index (χ4n) is 2.74. The van der Waals surface area contributed by atoms with Crippen LogP contribution < -0.4 is 4.74 Å². The lowest BCUT2D eigenvalue weighted by atomic mass is 10.1. The third kappa shape index (κ3) is 4.64. The van der Waals surface area contributed by atoms with Crippen molar-refractivity contribution in [1.29, 1.82) is 0 Å². The van der Waals surface area contributed by atoms with E-state index in [1.165, 1.54) is 10.4 Å². The monoisotopic (exact) mass is 373 g/mol. The van der Waals surface area contributed by atoms with Gasteiger partial charge in [-0.05, 0) is 47.5 Å². The van der Waals surface area contributed by atoms with E-state index in [1.807, 2.05) is 11.4 Å². The summed E-state index contributed by atoms with van der Waals surface area (Å²) < 4.78 is 10.8. The van der Waals surface area contributed by atoms with Gasteiger partial charge in [0.15, 0.2) is 6.61 Å². The minimum Gasteiger partial charge on any atom is -0.493 e. The molecule has 0 spiro atoms. The van der Waals surface area contributed by atoms with Gasteiger partial charge in [-0.2, -0.15) is 0 Å². The second-order valence-corrected chi connectivity index (χ2v) is 7.74. The summed E-state index contributed by atoms with van der Waals surface area (Å²) in [5.74, 6) is 0.348. The molecule has 138 valence electrons. The van der Waals surface area contributed by atoms with Crippen LogP contribution in [0.2, 0.25) is 0 Å². The van der Waals surface area contributed by atoms with E-state index in [0.29, 0.717) is 36.9 Å². The third-order valence-electron chi connectivity index (χ3n) is 4.14. The molecule has 0 unspecified atom stereocenters. The fraction of sp³-hybridized carbons (Fsp3) is 0.400. The maximum Gasteiger partial charge on any atom is 0.338 e. The van der Waals surface area contributed by atoms with E-state index in [4.69, 9.17) is 9.47 Å². The Balaban J connectivity index is 1.52. The summed E-state index contributed by atoms with van der Waals surface area (Å²) in [6.07, 6.45) is 0.863. The molecule has 0 fully saturated rings. The summed E-state index contributed by atoms with van der Waals surface area (Å²) in [5.41, 5.74) is 1.58. The molecule has 1 aromatic carbocycles. The largest absolute Gasteiger partial charge is 0.493 e. The quantitative estimate of drug-likeness (QED) is 0.727. The molecular weight excluding hydrogens is 350 g/mol. The number of esters is 1. The minimum atomic E-state index is -0.512. The minimum absolute atomic E-state index is 0.164. The van der Waals surface area contributed by atoms with Crippen LogP contribution in [0.1, 0.15) is 34.6 Å². The van der Waals surface area contributed by atoms with E-state index in [0.717, 1.165) is 6.42 Å². The Labute approximate surface area is 157 Å². The third-order valence-corrected chi connectivity index (χ3v) is 5.16. The molecule has 0 bridgehead atoms. The highest BCUT2D eigenvalue weighted by atomic mass is 32.1. The zero-order chi connectivity index (χ0) is 18.5. The van der Waals surface area contributed by atoms with Crippen LogP contribution in [0, 0.1) is 5.92 Å². The van der Waals surface area contributed by atoms with Crippen molar-refractivity contribution in [3.8, 4) is 5.75 Å². The van der Waals surface area contributed by atoms with E-state index in [9.17, 15) is 9.59 Å². The molecule has 0 radical (unpaired) electrons. The Hall–Kier alpha value is -2.34. The number of benzene rings is 1. The number of fused-ring (bicyclic) bond motifs is 1. The Bertz CT molecular complexity index is 784. The molecule has 0 atom stereocenters. The van der Waals surface area contributed by atoms with Gasteiger partial charge in [-0.25, -0.2) is 4.79 Å². The molecule has 0 saturated carbocycles. The van der Waals surface area contributed by atoms with E-state index < -0.39 is 5.97 Å². The van der Waals surface area contributed by atoms with Crippen LogP contribution in [0.25, 0.3) is 0 Å². The number of hydrogen-bond acceptors (Lipinski definition) is 5. The first-order chi connectivity index (χ1) is 12.5. The van der Waals surface area contributed by atoms with Gasteiger partial charge < -0.3 is 14.4 Å². The van der Waals surface area contributed by atoms with Crippen molar-refractivity contribution >= 4 is 23.2 Å². The molecule has 1 aliphatic heterocycles. The van der Waals surface area contributed by atoms with Crippen molar-refractivity contribution in [3.05, 3.63) is 51.7 Å². The summed E-state index contributed by atoms with van der Waals surface area (Å²) in [5, 5.41) is 2.05. The number of rotatable bonds is 6. The topological polar surface area (TPSA) is 55.8 Å². The molecule has 0 saturated heterocycles. The van der Waals surface area contributed by atoms with Crippen molar-refractivity contribution in [3.63, 3.8) is 0 Å². The molecule has 3 rings (SSSR count). The first-order valence-corrected chi connectivity index (χ1v) is 9.64. The highest BCUT2D eigenvalue weighted by Gasteiger charge is 2.22. The lowest BCUT2D eigenvalue weighted by Gasteiger charge is -2.26. The van der Waals surface area contributed by atoms with Crippen LogP contribution in [-0.4, -0.2) is 36.5 Å². The smallest absolute Gasteiger partial charge is 0.338 e. The van der Waals surface area contributed by atoms with Gasteiger partial charge in [-0.1, -0.05) is 19.9 Å². The van der Waals surface area contributed by atoms with Gasteiger partial charge in [0.05, 0.1) is 12.2 Å². The average Bonchev–Trinajstić information content (AvgIpc) is 3.12. The summed E-state index contributed by atoms with van der Waals surface area (Å²) >= 11 is 1.73. The number of thiophene rings is 1. The fourth-order valence-corrected chi connectivity index (χ4v) is 3.63. The molecule has 6 heteroatoms. The van der Waals surface area contributed by atoms with Gasteiger partial charge >= 0.3 is 5.97 Å². The van der Waals surface area contributed by atoms with Gasteiger partial charge in [0.2, 0.25) is 0 Å². The Kier molecular flexibility index (Phi) is 5.93.